The van der Waals surface area contributed by atoms with Gasteiger partial charge >= 0.3 is 5.97 Å². The number of pyridine rings is 1. The van der Waals surface area contributed by atoms with Crippen LogP contribution in [0.15, 0.2) is 52.5 Å². The number of aryl methyl sites for hydroxylation is 1. The summed E-state index contributed by atoms with van der Waals surface area (Å²) < 4.78 is 58.5. The Kier molecular flexibility index (Phi) is 6.03. The largest absolute Gasteiger partial charge is 0.465 e. The first-order chi connectivity index (χ1) is 13.7. The fraction of sp³-hybridized carbons (Fsp3) is 0.333. The molecule has 11 heteroatoms. The Hall–Kier alpha value is -2.34. The zero-order chi connectivity index (χ0) is 21.2. The number of nitrogens with zero attached hydrogens (tertiary/aromatic N) is 3. The summed E-state index contributed by atoms with van der Waals surface area (Å²) in [5.41, 5.74) is 0.676. The van der Waals surface area contributed by atoms with Crippen molar-refractivity contribution in [2.75, 3.05) is 33.3 Å². The molecule has 0 aliphatic carbocycles. The van der Waals surface area contributed by atoms with Crippen LogP contribution in [0.4, 0.5) is 0 Å². The number of esters is 1. The van der Waals surface area contributed by atoms with Crippen molar-refractivity contribution in [3.8, 4) is 0 Å². The predicted octanol–water partition coefficient (Wildman–Crippen LogP) is 0.872. The molecule has 0 unspecified atom stereocenters. The number of methoxy groups -OCH3 is 1. The van der Waals surface area contributed by atoms with Gasteiger partial charge in [-0.05, 0) is 42.8 Å². The minimum absolute atomic E-state index is 0.0278. The summed E-state index contributed by atoms with van der Waals surface area (Å²) >= 11 is 0. The molecule has 0 radical (unpaired) electrons. The van der Waals surface area contributed by atoms with Gasteiger partial charge in [-0.2, -0.15) is 8.61 Å². The highest BCUT2D eigenvalue weighted by atomic mass is 32.2. The number of hydrogen-bond acceptors (Lipinski definition) is 7. The van der Waals surface area contributed by atoms with Crippen molar-refractivity contribution in [1.82, 2.24) is 13.6 Å². The Morgan fingerprint density at radius 3 is 2.14 bits per heavy atom. The fourth-order valence-electron chi connectivity index (χ4n) is 3.12. The van der Waals surface area contributed by atoms with Gasteiger partial charge in [0.2, 0.25) is 20.0 Å². The van der Waals surface area contributed by atoms with E-state index in [-0.39, 0.29) is 41.5 Å². The average Bonchev–Trinajstić information content (AvgIpc) is 2.73. The van der Waals surface area contributed by atoms with Crippen molar-refractivity contribution in [2.45, 2.75) is 16.7 Å². The van der Waals surface area contributed by atoms with E-state index in [1.54, 1.807) is 6.92 Å². The number of carbonyl (C=O) groups is 1. The van der Waals surface area contributed by atoms with Crippen LogP contribution in [0, 0.1) is 6.92 Å². The Morgan fingerprint density at radius 1 is 1.00 bits per heavy atom. The first kappa shape index (κ1) is 21.4. The van der Waals surface area contributed by atoms with E-state index in [1.807, 2.05) is 0 Å². The molecule has 0 saturated carbocycles. The number of sulfonamides is 2. The number of piperazine rings is 1. The summed E-state index contributed by atoms with van der Waals surface area (Å²) in [5.74, 6) is -0.550. The minimum Gasteiger partial charge on any atom is -0.465 e. The minimum atomic E-state index is -3.83. The topological polar surface area (TPSA) is 114 Å². The molecule has 1 aliphatic rings. The van der Waals surface area contributed by atoms with Gasteiger partial charge in [-0.15, -0.1) is 0 Å². The molecule has 1 aromatic carbocycles. The van der Waals surface area contributed by atoms with E-state index in [2.05, 4.69) is 9.72 Å². The summed E-state index contributed by atoms with van der Waals surface area (Å²) in [4.78, 5) is 15.6. The third kappa shape index (κ3) is 4.17. The second-order valence-electron chi connectivity index (χ2n) is 6.47. The molecule has 1 fully saturated rings. The van der Waals surface area contributed by atoms with E-state index in [0.29, 0.717) is 5.56 Å². The molecule has 2 heterocycles. The van der Waals surface area contributed by atoms with Crippen LogP contribution in [0.25, 0.3) is 0 Å². The number of hydrogen-bond donors (Lipinski definition) is 0. The number of rotatable bonds is 5. The van der Waals surface area contributed by atoms with Crippen LogP contribution in [0.5, 0.6) is 0 Å². The second kappa shape index (κ2) is 8.19. The zero-order valence-electron chi connectivity index (χ0n) is 16.0. The first-order valence-electron chi connectivity index (χ1n) is 8.77. The predicted molar refractivity (Wildman–Crippen MR) is 104 cm³/mol. The van der Waals surface area contributed by atoms with Gasteiger partial charge in [-0.1, -0.05) is 0 Å². The Balaban J connectivity index is 1.77. The van der Waals surface area contributed by atoms with Crippen LogP contribution in [-0.4, -0.2) is 69.7 Å². The summed E-state index contributed by atoms with van der Waals surface area (Å²) in [6.07, 6.45) is 2.75. The maximum absolute atomic E-state index is 13.0. The summed E-state index contributed by atoms with van der Waals surface area (Å²) in [5, 5.41) is 0. The Bertz CT molecular complexity index is 1110. The number of aromatic nitrogens is 1. The number of ether oxygens (including phenoxy) is 1. The summed E-state index contributed by atoms with van der Waals surface area (Å²) in [7, 11) is -6.30. The number of carbonyl (C=O) groups excluding carboxylic acids is 1. The lowest BCUT2D eigenvalue weighted by atomic mass is 10.1. The van der Waals surface area contributed by atoms with Gasteiger partial charge in [0.1, 0.15) is 4.90 Å². The maximum atomic E-state index is 13.0. The molecule has 0 amide bonds. The van der Waals surface area contributed by atoms with E-state index < -0.39 is 26.0 Å². The monoisotopic (exact) mass is 439 g/mol. The van der Waals surface area contributed by atoms with Crippen LogP contribution in [0.2, 0.25) is 0 Å². The van der Waals surface area contributed by atoms with Gasteiger partial charge in [-0.3, -0.25) is 4.98 Å². The average molecular weight is 440 g/mol. The molecule has 0 N–H and O–H groups in total. The molecule has 9 nitrogen and oxygen atoms in total. The molecule has 1 saturated heterocycles. The molecule has 0 spiro atoms. The quantitative estimate of drug-likeness (QED) is 0.635. The highest BCUT2D eigenvalue weighted by Crippen LogP contribution is 2.24. The fourth-order valence-corrected chi connectivity index (χ4v) is 6.14. The molecule has 29 heavy (non-hydrogen) atoms. The van der Waals surface area contributed by atoms with Gasteiger partial charge in [0.25, 0.3) is 0 Å². The SMILES string of the molecule is COC(=O)c1ccc(S(=O)(=O)N2CCN(S(=O)(=O)c3cccnc3)CC2)c(C)c1. The van der Waals surface area contributed by atoms with Crippen LogP contribution in [0.1, 0.15) is 15.9 Å². The lowest BCUT2D eigenvalue weighted by molar-refractivity contribution is 0.0600. The molecular weight excluding hydrogens is 418 g/mol. The normalized spacial score (nSPS) is 16.5. The van der Waals surface area contributed by atoms with Crippen molar-refractivity contribution in [3.05, 3.63) is 53.9 Å². The van der Waals surface area contributed by atoms with Crippen molar-refractivity contribution < 1.29 is 26.4 Å². The lowest BCUT2D eigenvalue weighted by Gasteiger charge is -2.33. The van der Waals surface area contributed by atoms with E-state index in [4.69, 9.17) is 0 Å². The van der Waals surface area contributed by atoms with Gasteiger partial charge < -0.3 is 4.74 Å². The first-order valence-corrected chi connectivity index (χ1v) is 11.7. The number of benzene rings is 1. The molecule has 0 atom stereocenters. The Morgan fingerprint density at radius 2 is 1.62 bits per heavy atom. The Labute approximate surface area is 170 Å². The van der Waals surface area contributed by atoms with E-state index in [0.717, 1.165) is 0 Å². The highest BCUT2D eigenvalue weighted by molar-refractivity contribution is 7.89. The van der Waals surface area contributed by atoms with Crippen molar-refractivity contribution in [1.29, 1.82) is 0 Å². The molecule has 2 aromatic rings. The summed E-state index contributed by atoms with van der Waals surface area (Å²) in [6, 6.07) is 7.22. The second-order valence-corrected chi connectivity index (χ2v) is 10.3. The third-order valence-corrected chi connectivity index (χ3v) is 8.62. The molecule has 1 aromatic heterocycles. The maximum Gasteiger partial charge on any atom is 0.337 e. The zero-order valence-corrected chi connectivity index (χ0v) is 17.6. The molecule has 156 valence electrons. The van der Waals surface area contributed by atoms with Crippen LogP contribution in [0.3, 0.4) is 0 Å². The van der Waals surface area contributed by atoms with Crippen molar-refractivity contribution in [2.24, 2.45) is 0 Å². The van der Waals surface area contributed by atoms with Crippen LogP contribution >= 0.6 is 0 Å². The van der Waals surface area contributed by atoms with E-state index in [9.17, 15) is 21.6 Å². The van der Waals surface area contributed by atoms with E-state index in [1.165, 1.54) is 58.4 Å². The van der Waals surface area contributed by atoms with Crippen LogP contribution in [-0.2, 0) is 24.8 Å². The van der Waals surface area contributed by atoms with Crippen molar-refractivity contribution in [3.63, 3.8) is 0 Å². The smallest absolute Gasteiger partial charge is 0.337 e. The molecular formula is C18H21N3O6S2. The van der Waals surface area contributed by atoms with Crippen molar-refractivity contribution >= 4 is 26.0 Å². The highest BCUT2D eigenvalue weighted by Gasteiger charge is 2.34. The van der Waals surface area contributed by atoms with Crippen LogP contribution < -0.4 is 0 Å². The van der Waals surface area contributed by atoms with Gasteiger partial charge in [-0.25, -0.2) is 21.6 Å². The summed E-state index contributed by atoms with van der Waals surface area (Å²) in [6.45, 7) is 1.73. The lowest BCUT2D eigenvalue weighted by Crippen LogP contribution is -2.50. The van der Waals surface area contributed by atoms with Gasteiger partial charge in [0, 0.05) is 38.6 Å². The standard InChI is InChI=1S/C18H21N3O6S2/c1-14-12-15(18(22)27-2)5-6-17(14)29(25,26)21-10-8-20(9-11-21)28(23,24)16-4-3-7-19-13-16/h3-7,12-13H,8-11H2,1-2H3. The molecule has 3 rings (SSSR count). The third-order valence-electron chi connectivity index (χ3n) is 4.68. The van der Waals surface area contributed by atoms with Gasteiger partial charge in [0.05, 0.1) is 17.6 Å². The van der Waals surface area contributed by atoms with Gasteiger partial charge in [0.15, 0.2) is 0 Å². The molecule has 1 aliphatic heterocycles. The van der Waals surface area contributed by atoms with E-state index >= 15 is 0 Å². The molecule has 0 bridgehead atoms.